The molecule has 0 aliphatic carbocycles. The van der Waals surface area contributed by atoms with Crippen LogP contribution in [0.3, 0.4) is 0 Å². The number of hydrogen-bond donors (Lipinski definition) is 1. The highest BCUT2D eigenvalue weighted by Crippen LogP contribution is 2.34. The van der Waals surface area contributed by atoms with Gasteiger partial charge in [0.25, 0.3) is 5.91 Å². The fourth-order valence-corrected chi connectivity index (χ4v) is 3.80. The topological polar surface area (TPSA) is 79.0 Å². The molecule has 2 unspecified atom stereocenters. The van der Waals surface area contributed by atoms with Crippen LogP contribution in [0.15, 0.2) is 18.2 Å². The number of amides is 4. The Bertz CT molecular complexity index is 772. The number of ether oxygens (including phenoxy) is 1. The monoisotopic (exact) mass is 399 g/mol. The lowest BCUT2D eigenvalue weighted by molar-refractivity contribution is -0.143. The molecular formula is C17H19Cl2N3O4. The third kappa shape index (κ3) is 3.39. The van der Waals surface area contributed by atoms with Crippen molar-refractivity contribution in [2.45, 2.75) is 25.5 Å². The van der Waals surface area contributed by atoms with Gasteiger partial charge in [0.15, 0.2) is 0 Å². The Hall–Kier alpha value is -1.83. The zero-order valence-electron chi connectivity index (χ0n) is 14.4. The van der Waals surface area contributed by atoms with Crippen LogP contribution in [0.5, 0.6) is 0 Å². The van der Waals surface area contributed by atoms with Crippen molar-refractivity contribution >= 4 is 41.0 Å². The second-order valence-electron chi connectivity index (χ2n) is 6.59. The number of halogens is 2. The molecule has 4 amide bonds. The number of urea groups is 1. The number of imide groups is 1. The Morgan fingerprint density at radius 1 is 1.38 bits per heavy atom. The number of carbonyl (C=O) groups is 3. The number of nitrogens with zero attached hydrogens (tertiary/aromatic N) is 2. The average molecular weight is 400 g/mol. The van der Waals surface area contributed by atoms with E-state index in [4.69, 9.17) is 27.9 Å². The summed E-state index contributed by atoms with van der Waals surface area (Å²) < 4.78 is 5.41. The van der Waals surface area contributed by atoms with Crippen LogP contribution in [0, 0.1) is 0 Å². The van der Waals surface area contributed by atoms with Gasteiger partial charge in [-0.15, -0.1) is 0 Å². The molecule has 2 atom stereocenters. The van der Waals surface area contributed by atoms with E-state index in [2.05, 4.69) is 5.32 Å². The Kier molecular flexibility index (Phi) is 5.14. The maximum atomic E-state index is 12.9. The number of morpholine rings is 1. The minimum Gasteiger partial charge on any atom is -0.375 e. The molecule has 0 saturated carbocycles. The Balaban J connectivity index is 1.79. The summed E-state index contributed by atoms with van der Waals surface area (Å²) in [4.78, 5) is 40.3. The molecule has 7 nitrogen and oxygen atoms in total. The van der Waals surface area contributed by atoms with Gasteiger partial charge >= 0.3 is 6.03 Å². The van der Waals surface area contributed by atoms with Crippen LogP contribution < -0.4 is 5.32 Å². The lowest BCUT2D eigenvalue weighted by Crippen LogP contribution is -2.49. The summed E-state index contributed by atoms with van der Waals surface area (Å²) in [5, 5.41) is 3.33. The molecule has 1 aromatic rings. The zero-order chi connectivity index (χ0) is 19.1. The predicted molar refractivity (Wildman–Crippen MR) is 96.1 cm³/mol. The highest BCUT2D eigenvalue weighted by molar-refractivity contribution is 6.35. The van der Waals surface area contributed by atoms with E-state index < -0.39 is 17.5 Å². The van der Waals surface area contributed by atoms with Crippen LogP contribution in [0.4, 0.5) is 4.79 Å². The van der Waals surface area contributed by atoms with Crippen LogP contribution in [-0.4, -0.2) is 60.0 Å². The van der Waals surface area contributed by atoms with Gasteiger partial charge in [0.05, 0.1) is 12.7 Å². The molecule has 0 aromatic heterocycles. The maximum absolute atomic E-state index is 12.9. The quantitative estimate of drug-likeness (QED) is 0.788. The maximum Gasteiger partial charge on any atom is 0.325 e. The minimum absolute atomic E-state index is 0.0751. The standard InChI is InChI=1S/C17H19Cl2N3O4/c1-10-8-21(5-6-26-10)14(23)9-22-15(24)17(2,20-16(22)25)12-4-3-11(18)7-13(12)19/h3-4,7,10H,5-6,8-9H2,1-2H3,(H,20,25). The van der Waals surface area contributed by atoms with Crippen LogP contribution in [0.25, 0.3) is 0 Å². The van der Waals surface area contributed by atoms with Crippen molar-refractivity contribution in [1.82, 2.24) is 15.1 Å². The second kappa shape index (κ2) is 7.06. The summed E-state index contributed by atoms with van der Waals surface area (Å²) >= 11 is 12.1. The summed E-state index contributed by atoms with van der Waals surface area (Å²) in [5.41, 5.74) is -0.922. The highest BCUT2D eigenvalue weighted by Gasteiger charge is 2.50. The van der Waals surface area contributed by atoms with Crippen molar-refractivity contribution in [2.75, 3.05) is 26.2 Å². The molecule has 9 heteroatoms. The summed E-state index contributed by atoms with van der Waals surface area (Å²) in [6, 6.07) is 4.07. The first-order valence-corrected chi connectivity index (χ1v) is 8.97. The van der Waals surface area contributed by atoms with Gasteiger partial charge in [-0.05, 0) is 26.0 Å². The molecule has 1 aromatic carbocycles. The Morgan fingerprint density at radius 2 is 2.12 bits per heavy atom. The molecule has 0 bridgehead atoms. The molecule has 2 aliphatic heterocycles. The number of hydrogen-bond acceptors (Lipinski definition) is 4. The fourth-order valence-electron chi connectivity index (χ4n) is 3.20. The molecule has 2 saturated heterocycles. The molecule has 1 N–H and O–H groups in total. The average Bonchev–Trinajstić information content (AvgIpc) is 2.78. The molecular weight excluding hydrogens is 381 g/mol. The summed E-state index contributed by atoms with van der Waals surface area (Å²) in [6.07, 6.45) is -0.0751. The van der Waals surface area contributed by atoms with E-state index in [0.717, 1.165) is 4.90 Å². The molecule has 0 radical (unpaired) electrons. The van der Waals surface area contributed by atoms with Crippen molar-refractivity contribution in [1.29, 1.82) is 0 Å². The molecule has 140 valence electrons. The Labute approximate surface area is 161 Å². The van der Waals surface area contributed by atoms with Gasteiger partial charge < -0.3 is 15.0 Å². The van der Waals surface area contributed by atoms with Crippen LogP contribution in [0.2, 0.25) is 10.0 Å². The molecule has 2 aliphatic rings. The first kappa shape index (κ1) is 18.9. The van der Waals surface area contributed by atoms with Gasteiger partial charge in [-0.25, -0.2) is 4.79 Å². The molecule has 0 spiro atoms. The first-order chi connectivity index (χ1) is 12.2. The molecule has 2 heterocycles. The van der Waals surface area contributed by atoms with E-state index in [1.807, 2.05) is 6.92 Å². The lowest BCUT2D eigenvalue weighted by Gasteiger charge is -2.32. The van der Waals surface area contributed by atoms with Gasteiger partial charge in [0.2, 0.25) is 5.91 Å². The highest BCUT2D eigenvalue weighted by atomic mass is 35.5. The van der Waals surface area contributed by atoms with Gasteiger partial charge in [0, 0.05) is 28.7 Å². The largest absolute Gasteiger partial charge is 0.375 e. The lowest BCUT2D eigenvalue weighted by atomic mass is 9.92. The second-order valence-corrected chi connectivity index (χ2v) is 7.44. The molecule has 2 fully saturated rings. The van der Waals surface area contributed by atoms with Crippen LogP contribution >= 0.6 is 23.2 Å². The summed E-state index contributed by atoms with van der Waals surface area (Å²) in [5.74, 6) is -0.823. The molecule has 3 rings (SSSR count). The van der Waals surface area contributed by atoms with E-state index in [1.54, 1.807) is 24.0 Å². The smallest absolute Gasteiger partial charge is 0.325 e. The van der Waals surface area contributed by atoms with Crippen LogP contribution in [-0.2, 0) is 19.9 Å². The van der Waals surface area contributed by atoms with E-state index in [0.29, 0.717) is 30.3 Å². The van der Waals surface area contributed by atoms with Crippen molar-refractivity contribution in [3.05, 3.63) is 33.8 Å². The van der Waals surface area contributed by atoms with Crippen molar-refractivity contribution in [2.24, 2.45) is 0 Å². The minimum atomic E-state index is -1.35. The Morgan fingerprint density at radius 3 is 2.77 bits per heavy atom. The molecule has 26 heavy (non-hydrogen) atoms. The summed E-state index contributed by atoms with van der Waals surface area (Å²) in [7, 11) is 0. The van der Waals surface area contributed by atoms with E-state index in [1.165, 1.54) is 6.07 Å². The third-order valence-corrected chi connectivity index (χ3v) is 5.18. The normalized spacial score (nSPS) is 26.2. The predicted octanol–water partition coefficient (Wildman–Crippen LogP) is 2.01. The SMILES string of the molecule is CC1CN(C(=O)CN2C(=O)NC(C)(c3ccc(Cl)cc3Cl)C2=O)CCO1. The van der Waals surface area contributed by atoms with E-state index in [9.17, 15) is 14.4 Å². The first-order valence-electron chi connectivity index (χ1n) is 8.21. The van der Waals surface area contributed by atoms with Crippen molar-refractivity contribution < 1.29 is 19.1 Å². The van der Waals surface area contributed by atoms with E-state index >= 15 is 0 Å². The summed E-state index contributed by atoms with van der Waals surface area (Å²) in [6.45, 7) is 4.41. The van der Waals surface area contributed by atoms with Gasteiger partial charge in [-0.2, -0.15) is 0 Å². The number of rotatable bonds is 3. The fraction of sp³-hybridized carbons (Fsp3) is 0.471. The van der Waals surface area contributed by atoms with Gasteiger partial charge in [0.1, 0.15) is 12.1 Å². The van der Waals surface area contributed by atoms with Crippen molar-refractivity contribution in [3.8, 4) is 0 Å². The van der Waals surface area contributed by atoms with Crippen LogP contribution in [0.1, 0.15) is 19.4 Å². The van der Waals surface area contributed by atoms with Crippen molar-refractivity contribution in [3.63, 3.8) is 0 Å². The number of nitrogens with one attached hydrogen (secondary N) is 1. The van der Waals surface area contributed by atoms with E-state index in [-0.39, 0.29) is 23.6 Å². The third-order valence-electron chi connectivity index (χ3n) is 4.63. The van der Waals surface area contributed by atoms with Gasteiger partial charge in [-0.3, -0.25) is 14.5 Å². The number of carbonyl (C=O) groups excluding carboxylic acids is 3. The zero-order valence-corrected chi connectivity index (χ0v) is 15.9. The van der Waals surface area contributed by atoms with Gasteiger partial charge in [-0.1, -0.05) is 29.3 Å². The number of benzene rings is 1.